The summed E-state index contributed by atoms with van der Waals surface area (Å²) in [6.07, 6.45) is 0. The molecular formula is C19H15NO4. The molecule has 2 aliphatic rings. The molecule has 0 spiro atoms. The molecule has 2 aromatic carbocycles. The maximum Gasteiger partial charge on any atom is 0.335 e. The van der Waals surface area contributed by atoms with E-state index in [-0.39, 0.29) is 11.5 Å². The SMILES string of the molecule is CC1(C)OC(=C2C(=O)Nc3ccccc32)c2ccc(C(=O)O)cc21. The number of hydrogen-bond acceptors (Lipinski definition) is 3. The van der Waals surface area contributed by atoms with Crippen molar-refractivity contribution in [1.29, 1.82) is 0 Å². The van der Waals surface area contributed by atoms with Crippen LogP contribution >= 0.6 is 0 Å². The number of ether oxygens (including phenoxy) is 1. The molecule has 5 heteroatoms. The number of aromatic carboxylic acids is 1. The highest BCUT2D eigenvalue weighted by Gasteiger charge is 2.40. The first kappa shape index (κ1) is 14.5. The zero-order valence-corrected chi connectivity index (χ0v) is 13.2. The van der Waals surface area contributed by atoms with E-state index in [9.17, 15) is 14.7 Å². The summed E-state index contributed by atoms with van der Waals surface area (Å²) in [5.74, 6) is -0.704. The summed E-state index contributed by atoms with van der Waals surface area (Å²) in [7, 11) is 0. The van der Waals surface area contributed by atoms with Crippen LogP contribution in [0.2, 0.25) is 0 Å². The van der Waals surface area contributed by atoms with Gasteiger partial charge in [0.2, 0.25) is 0 Å². The van der Waals surface area contributed by atoms with Crippen LogP contribution in [0.5, 0.6) is 0 Å². The van der Waals surface area contributed by atoms with Crippen molar-refractivity contribution in [1.82, 2.24) is 0 Å². The van der Waals surface area contributed by atoms with Crippen LogP contribution in [0.3, 0.4) is 0 Å². The average molecular weight is 321 g/mol. The van der Waals surface area contributed by atoms with Crippen molar-refractivity contribution in [3.8, 4) is 0 Å². The number of carboxylic acid groups (broad SMARTS) is 1. The number of benzene rings is 2. The number of amides is 1. The first-order valence-corrected chi connectivity index (χ1v) is 7.61. The smallest absolute Gasteiger partial charge is 0.335 e. The standard InChI is InChI=1S/C19H15NO4/c1-19(2)13-9-10(18(22)23)7-8-11(13)16(24-19)15-12-5-3-4-6-14(12)20-17(15)21/h3-9H,1-2H3,(H,20,21)(H,22,23). The molecule has 4 rings (SSSR count). The van der Waals surface area contributed by atoms with Gasteiger partial charge in [-0.3, -0.25) is 4.79 Å². The fourth-order valence-electron chi connectivity index (χ4n) is 3.27. The molecular weight excluding hydrogens is 306 g/mol. The molecule has 0 atom stereocenters. The lowest BCUT2D eigenvalue weighted by Gasteiger charge is -2.19. The zero-order valence-electron chi connectivity index (χ0n) is 13.2. The van der Waals surface area contributed by atoms with Gasteiger partial charge in [0.25, 0.3) is 5.91 Å². The van der Waals surface area contributed by atoms with Gasteiger partial charge in [-0.2, -0.15) is 0 Å². The van der Waals surface area contributed by atoms with Crippen molar-refractivity contribution in [2.45, 2.75) is 19.4 Å². The van der Waals surface area contributed by atoms with Crippen LogP contribution < -0.4 is 5.32 Å². The Morgan fingerprint density at radius 3 is 2.62 bits per heavy atom. The Balaban J connectivity index is 1.98. The maximum absolute atomic E-state index is 12.5. The number of fused-ring (bicyclic) bond motifs is 2. The second-order valence-corrected chi connectivity index (χ2v) is 6.38. The number of carbonyl (C=O) groups excluding carboxylic acids is 1. The highest BCUT2D eigenvalue weighted by atomic mass is 16.5. The average Bonchev–Trinajstić information content (AvgIpc) is 3.00. The normalized spacial score (nSPS) is 20.2. The summed E-state index contributed by atoms with van der Waals surface area (Å²) < 4.78 is 6.09. The van der Waals surface area contributed by atoms with Crippen LogP contribution in [-0.2, 0) is 15.1 Å². The Kier molecular flexibility index (Phi) is 2.85. The molecule has 0 aliphatic carbocycles. The second kappa shape index (κ2) is 4.71. The number of carboxylic acids is 1. The van der Waals surface area contributed by atoms with Gasteiger partial charge in [0.15, 0.2) is 0 Å². The molecule has 0 saturated heterocycles. The minimum Gasteiger partial charge on any atom is -0.482 e. The van der Waals surface area contributed by atoms with E-state index in [4.69, 9.17) is 4.74 Å². The zero-order chi connectivity index (χ0) is 17.1. The summed E-state index contributed by atoms with van der Waals surface area (Å²) in [5.41, 5.74) is 3.05. The van der Waals surface area contributed by atoms with Crippen molar-refractivity contribution in [3.05, 3.63) is 64.7 Å². The summed E-state index contributed by atoms with van der Waals surface area (Å²) in [6, 6.07) is 12.3. The molecule has 1 amide bonds. The Morgan fingerprint density at radius 2 is 1.88 bits per heavy atom. The van der Waals surface area contributed by atoms with Crippen LogP contribution in [-0.4, -0.2) is 17.0 Å². The Labute approximate surface area is 138 Å². The third-order valence-electron chi connectivity index (χ3n) is 4.42. The Morgan fingerprint density at radius 1 is 1.12 bits per heavy atom. The molecule has 0 bridgehead atoms. The molecule has 2 aromatic rings. The van der Waals surface area contributed by atoms with E-state index < -0.39 is 11.6 Å². The summed E-state index contributed by atoms with van der Waals surface area (Å²) in [5, 5.41) is 12.1. The van der Waals surface area contributed by atoms with Crippen molar-refractivity contribution in [2.24, 2.45) is 0 Å². The largest absolute Gasteiger partial charge is 0.482 e. The summed E-state index contributed by atoms with van der Waals surface area (Å²) >= 11 is 0. The minimum absolute atomic E-state index is 0.202. The van der Waals surface area contributed by atoms with Gasteiger partial charge in [0.1, 0.15) is 11.4 Å². The fourth-order valence-corrected chi connectivity index (χ4v) is 3.27. The molecule has 0 saturated carbocycles. The van der Waals surface area contributed by atoms with Gasteiger partial charge in [0, 0.05) is 22.4 Å². The van der Waals surface area contributed by atoms with Gasteiger partial charge < -0.3 is 15.2 Å². The highest BCUT2D eigenvalue weighted by molar-refractivity contribution is 6.36. The molecule has 0 unspecified atom stereocenters. The summed E-state index contributed by atoms with van der Waals surface area (Å²) in [6.45, 7) is 3.73. The van der Waals surface area contributed by atoms with Gasteiger partial charge in [-0.15, -0.1) is 0 Å². The lowest BCUT2D eigenvalue weighted by Crippen LogP contribution is -2.15. The molecule has 0 aromatic heterocycles. The van der Waals surface area contributed by atoms with Crippen LogP contribution in [0.15, 0.2) is 42.5 Å². The Hall–Kier alpha value is -3.08. The van der Waals surface area contributed by atoms with Crippen molar-refractivity contribution < 1.29 is 19.4 Å². The van der Waals surface area contributed by atoms with Gasteiger partial charge in [-0.1, -0.05) is 18.2 Å². The molecule has 120 valence electrons. The fraction of sp³-hybridized carbons (Fsp3) is 0.158. The Bertz CT molecular complexity index is 940. The molecule has 5 nitrogen and oxygen atoms in total. The van der Waals surface area contributed by atoms with Gasteiger partial charge >= 0.3 is 5.97 Å². The molecule has 2 N–H and O–H groups in total. The first-order chi connectivity index (χ1) is 11.4. The third-order valence-corrected chi connectivity index (χ3v) is 4.42. The quantitative estimate of drug-likeness (QED) is 0.789. The second-order valence-electron chi connectivity index (χ2n) is 6.38. The van der Waals surface area contributed by atoms with E-state index >= 15 is 0 Å². The monoisotopic (exact) mass is 321 g/mol. The van der Waals surface area contributed by atoms with Crippen molar-refractivity contribution in [2.75, 3.05) is 5.32 Å². The van der Waals surface area contributed by atoms with Crippen LogP contribution in [0.4, 0.5) is 5.69 Å². The number of para-hydroxylation sites is 1. The molecule has 2 heterocycles. The number of rotatable bonds is 1. The highest BCUT2D eigenvalue weighted by Crippen LogP contribution is 2.48. The van der Waals surface area contributed by atoms with E-state index in [1.807, 2.05) is 38.1 Å². The first-order valence-electron chi connectivity index (χ1n) is 7.61. The predicted molar refractivity (Wildman–Crippen MR) is 89.4 cm³/mol. The predicted octanol–water partition coefficient (Wildman–Crippen LogP) is 3.47. The van der Waals surface area contributed by atoms with E-state index in [0.29, 0.717) is 11.3 Å². The number of hydrogen-bond donors (Lipinski definition) is 2. The van der Waals surface area contributed by atoms with Crippen molar-refractivity contribution >= 4 is 28.9 Å². The van der Waals surface area contributed by atoms with Crippen LogP contribution in [0, 0.1) is 0 Å². The van der Waals surface area contributed by atoms with Crippen molar-refractivity contribution in [3.63, 3.8) is 0 Å². The molecule has 24 heavy (non-hydrogen) atoms. The van der Waals surface area contributed by atoms with E-state index in [1.165, 1.54) is 6.07 Å². The van der Waals surface area contributed by atoms with E-state index in [1.54, 1.807) is 12.1 Å². The van der Waals surface area contributed by atoms with Gasteiger partial charge in [0.05, 0.1) is 11.1 Å². The minimum atomic E-state index is -0.987. The maximum atomic E-state index is 12.5. The van der Waals surface area contributed by atoms with Crippen LogP contribution in [0.1, 0.15) is 40.9 Å². The van der Waals surface area contributed by atoms with E-state index in [0.717, 1.165) is 22.4 Å². The van der Waals surface area contributed by atoms with Gasteiger partial charge in [-0.25, -0.2) is 4.79 Å². The van der Waals surface area contributed by atoms with E-state index in [2.05, 4.69) is 5.32 Å². The molecule has 0 fully saturated rings. The topological polar surface area (TPSA) is 75.6 Å². The lowest BCUT2D eigenvalue weighted by molar-refractivity contribution is -0.110. The van der Waals surface area contributed by atoms with Crippen LogP contribution in [0.25, 0.3) is 11.3 Å². The number of nitrogens with one attached hydrogen (secondary N) is 1. The molecule has 2 aliphatic heterocycles. The third kappa shape index (κ3) is 1.94. The summed E-state index contributed by atoms with van der Waals surface area (Å²) in [4.78, 5) is 23.7. The molecule has 0 radical (unpaired) electrons. The number of carbonyl (C=O) groups is 2. The number of anilines is 1. The lowest BCUT2D eigenvalue weighted by atomic mass is 9.92. The van der Waals surface area contributed by atoms with Gasteiger partial charge in [-0.05, 0) is 38.1 Å².